The Bertz CT molecular complexity index is 1060. The fourth-order valence-corrected chi connectivity index (χ4v) is 3.60. The number of benzene rings is 4. The Morgan fingerprint density at radius 2 is 1.29 bits per heavy atom. The Hall–Kier alpha value is -3.85. The van der Waals surface area contributed by atoms with Crippen molar-refractivity contribution >= 4 is 11.6 Å². The lowest BCUT2D eigenvalue weighted by Crippen LogP contribution is -2.22. The van der Waals surface area contributed by atoms with E-state index in [1.807, 2.05) is 103 Å². The minimum atomic E-state index is -0.384. The van der Waals surface area contributed by atoms with Crippen LogP contribution < -0.4 is 10.1 Å². The van der Waals surface area contributed by atoms with Gasteiger partial charge in [0.2, 0.25) is 5.91 Å². The van der Waals surface area contributed by atoms with Crippen molar-refractivity contribution in [2.24, 2.45) is 0 Å². The molecule has 0 saturated heterocycles. The monoisotopic (exact) mass is 407 g/mol. The van der Waals surface area contributed by atoms with Crippen LogP contribution in [0.1, 0.15) is 22.6 Å². The zero-order chi connectivity index (χ0) is 21.3. The van der Waals surface area contributed by atoms with Gasteiger partial charge in [0, 0.05) is 18.2 Å². The molecule has 0 heterocycles. The van der Waals surface area contributed by atoms with Gasteiger partial charge in [-0.05, 0) is 28.8 Å². The van der Waals surface area contributed by atoms with Gasteiger partial charge in [0.05, 0.1) is 12.5 Å². The molecule has 0 aliphatic rings. The number of amides is 1. The van der Waals surface area contributed by atoms with Crippen LogP contribution in [0.4, 0.5) is 5.69 Å². The average molecular weight is 408 g/mol. The summed E-state index contributed by atoms with van der Waals surface area (Å²) >= 11 is 0. The highest BCUT2D eigenvalue weighted by molar-refractivity contribution is 5.98. The molecule has 0 saturated carbocycles. The zero-order valence-corrected chi connectivity index (χ0v) is 17.3. The maximum Gasteiger partial charge on any atom is 0.236 e. The fraction of sp³-hybridized carbons (Fsp3) is 0.107. The molecule has 0 atom stereocenters. The smallest absolute Gasteiger partial charge is 0.236 e. The van der Waals surface area contributed by atoms with Crippen molar-refractivity contribution in [3.05, 3.63) is 132 Å². The second kappa shape index (κ2) is 10.3. The maximum atomic E-state index is 13.3. The minimum Gasteiger partial charge on any atom is -0.493 e. The van der Waals surface area contributed by atoms with Crippen LogP contribution in [-0.2, 0) is 11.2 Å². The van der Waals surface area contributed by atoms with Crippen molar-refractivity contribution < 1.29 is 9.53 Å². The van der Waals surface area contributed by atoms with Crippen molar-refractivity contribution in [1.29, 1.82) is 0 Å². The number of hydrogen-bond acceptors (Lipinski definition) is 2. The van der Waals surface area contributed by atoms with E-state index in [1.165, 1.54) is 5.56 Å². The Morgan fingerprint density at radius 3 is 1.90 bits per heavy atom. The molecule has 0 unspecified atom stereocenters. The third-order valence-electron chi connectivity index (χ3n) is 5.13. The Balaban J connectivity index is 1.46. The van der Waals surface area contributed by atoms with E-state index in [9.17, 15) is 4.79 Å². The molecular weight excluding hydrogens is 382 g/mol. The summed E-state index contributed by atoms with van der Waals surface area (Å²) in [6.07, 6.45) is 0.835. The van der Waals surface area contributed by atoms with E-state index in [2.05, 4.69) is 17.4 Å². The second-order valence-electron chi connectivity index (χ2n) is 7.36. The van der Waals surface area contributed by atoms with Gasteiger partial charge in [0.25, 0.3) is 0 Å². The molecule has 31 heavy (non-hydrogen) atoms. The SMILES string of the molecule is O=C(Nc1cccc(OCCc2ccccc2)c1)C(c1ccccc1)c1ccccc1. The molecule has 3 nitrogen and oxygen atoms in total. The summed E-state index contributed by atoms with van der Waals surface area (Å²) in [5, 5.41) is 3.07. The summed E-state index contributed by atoms with van der Waals surface area (Å²) in [5.41, 5.74) is 3.88. The molecule has 0 aliphatic heterocycles. The highest BCUT2D eigenvalue weighted by atomic mass is 16.5. The van der Waals surface area contributed by atoms with Crippen LogP contribution in [0.3, 0.4) is 0 Å². The first kappa shape index (κ1) is 20.4. The highest BCUT2D eigenvalue weighted by Crippen LogP contribution is 2.27. The van der Waals surface area contributed by atoms with Gasteiger partial charge in [-0.15, -0.1) is 0 Å². The van der Waals surface area contributed by atoms with Gasteiger partial charge in [-0.1, -0.05) is 97.1 Å². The molecule has 154 valence electrons. The Morgan fingerprint density at radius 1 is 0.710 bits per heavy atom. The van der Waals surface area contributed by atoms with E-state index in [4.69, 9.17) is 4.74 Å². The number of carbonyl (C=O) groups excluding carboxylic acids is 1. The quantitative estimate of drug-likeness (QED) is 0.384. The topological polar surface area (TPSA) is 38.3 Å². The third kappa shape index (κ3) is 5.61. The molecule has 0 radical (unpaired) electrons. The Labute approximate surface area is 183 Å². The molecule has 0 fully saturated rings. The van der Waals surface area contributed by atoms with Crippen LogP contribution in [-0.4, -0.2) is 12.5 Å². The summed E-state index contributed by atoms with van der Waals surface area (Å²) in [6, 6.07) is 37.5. The van der Waals surface area contributed by atoms with Crippen molar-refractivity contribution in [1.82, 2.24) is 0 Å². The van der Waals surface area contributed by atoms with Crippen LogP contribution in [0.25, 0.3) is 0 Å². The van der Waals surface area contributed by atoms with Crippen LogP contribution in [0.15, 0.2) is 115 Å². The zero-order valence-electron chi connectivity index (χ0n) is 17.3. The van der Waals surface area contributed by atoms with Gasteiger partial charge in [-0.3, -0.25) is 4.79 Å². The lowest BCUT2D eigenvalue weighted by molar-refractivity contribution is -0.116. The number of rotatable bonds is 8. The van der Waals surface area contributed by atoms with Crippen molar-refractivity contribution in [2.45, 2.75) is 12.3 Å². The van der Waals surface area contributed by atoms with Crippen LogP contribution in [0, 0.1) is 0 Å². The fourth-order valence-electron chi connectivity index (χ4n) is 3.60. The number of ether oxygens (including phenoxy) is 1. The van der Waals surface area contributed by atoms with E-state index in [0.29, 0.717) is 6.61 Å². The van der Waals surface area contributed by atoms with Gasteiger partial charge in [0.15, 0.2) is 0 Å². The predicted octanol–water partition coefficient (Wildman–Crippen LogP) is 6.08. The van der Waals surface area contributed by atoms with Crippen molar-refractivity contribution in [3.8, 4) is 5.75 Å². The van der Waals surface area contributed by atoms with Crippen molar-refractivity contribution in [3.63, 3.8) is 0 Å². The molecule has 0 spiro atoms. The number of hydrogen-bond donors (Lipinski definition) is 1. The van der Waals surface area contributed by atoms with E-state index in [0.717, 1.165) is 29.0 Å². The number of anilines is 1. The molecule has 3 heteroatoms. The van der Waals surface area contributed by atoms with E-state index in [1.54, 1.807) is 0 Å². The lowest BCUT2D eigenvalue weighted by Gasteiger charge is -2.18. The lowest BCUT2D eigenvalue weighted by atomic mass is 9.90. The van der Waals surface area contributed by atoms with Gasteiger partial charge in [-0.2, -0.15) is 0 Å². The molecule has 1 amide bonds. The highest BCUT2D eigenvalue weighted by Gasteiger charge is 2.22. The molecule has 1 N–H and O–H groups in total. The molecule has 0 bridgehead atoms. The minimum absolute atomic E-state index is 0.0705. The van der Waals surface area contributed by atoms with Gasteiger partial charge in [0.1, 0.15) is 5.75 Å². The first-order valence-electron chi connectivity index (χ1n) is 10.5. The van der Waals surface area contributed by atoms with Crippen LogP contribution >= 0.6 is 0 Å². The largest absolute Gasteiger partial charge is 0.493 e. The predicted molar refractivity (Wildman–Crippen MR) is 125 cm³/mol. The van der Waals surface area contributed by atoms with Gasteiger partial charge >= 0.3 is 0 Å². The number of nitrogens with one attached hydrogen (secondary N) is 1. The molecule has 0 aromatic heterocycles. The molecular formula is C28H25NO2. The summed E-state index contributed by atoms with van der Waals surface area (Å²) in [5.74, 6) is 0.286. The second-order valence-corrected chi connectivity index (χ2v) is 7.36. The maximum absolute atomic E-state index is 13.3. The molecule has 4 aromatic carbocycles. The third-order valence-corrected chi connectivity index (χ3v) is 5.13. The van der Waals surface area contributed by atoms with Crippen LogP contribution in [0.2, 0.25) is 0 Å². The van der Waals surface area contributed by atoms with Crippen molar-refractivity contribution in [2.75, 3.05) is 11.9 Å². The van der Waals surface area contributed by atoms with E-state index < -0.39 is 0 Å². The molecule has 4 aromatic rings. The summed E-state index contributed by atoms with van der Waals surface area (Å²) < 4.78 is 5.91. The van der Waals surface area contributed by atoms with E-state index in [-0.39, 0.29) is 11.8 Å². The molecule has 4 rings (SSSR count). The summed E-state index contributed by atoms with van der Waals surface area (Å²) in [7, 11) is 0. The number of carbonyl (C=O) groups is 1. The van der Waals surface area contributed by atoms with Gasteiger partial charge < -0.3 is 10.1 Å². The van der Waals surface area contributed by atoms with Gasteiger partial charge in [-0.25, -0.2) is 0 Å². The average Bonchev–Trinajstić information content (AvgIpc) is 2.82. The first-order valence-corrected chi connectivity index (χ1v) is 10.5. The Kier molecular flexibility index (Phi) is 6.76. The standard InChI is InChI=1S/C28H25NO2/c30-28(27(23-13-6-2-7-14-23)24-15-8-3-9-16-24)29-25-17-10-18-26(21-25)31-20-19-22-11-4-1-5-12-22/h1-18,21,27H,19-20H2,(H,29,30). The summed E-state index contributed by atoms with van der Waals surface area (Å²) in [4.78, 5) is 13.3. The normalized spacial score (nSPS) is 10.6. The molecule has 0 aliphatic carbocycles. The first-order chi connectivity index (χ1) is 15.3. The van der Waals surface area contributed by atoms with E-state index >= 15 is 0 Å². The van der Waals surface area contributed by atoms with Crippen LogP contribution in [0.5, 0.6) is 5.75 Å². The summed E-state index contributed by atoms with van der Waals surface area (Å²) in [6.45, 7) is 0.581.